The molecular weight excluding hydrogens is 256 g/mol. The minimum absolute atomic E-state index is 0.257. The number of rotatable bonds is 2. The lowest BCUT2D eigenvalue weighted by molar-refractivity contribution is 0.0858. The Bertz CT molecular complexity index is 688. The van der Waals surface area contributed by atoms with E-state index in [0.29, 0.717) is 12.0 Å². The first-order valence-electron chi connectivity index (χ1n) is 6.40. The lowest BCUT2D eigenvalue weighted by Gasteiger charge is -2.17. The standard InChI is InChI=1S/C15H14N2O3/c18-12-7-9-3-1-2-4-11(9)14(12)17-15(20)10-5-6-13(19)16-8-10/h1-6,8,12,14,18H,7H2,(H,16,19)(H,17,20)/t12-,14+/m0/s1. The van der Waals surface area contributed by atoms with Crippen molar-refractivity contribution in [2.45, 2.75) is 18.6 Å². The van der Waals surface area contributed by atoms with Crippen molar-refractivity contribution in [2.24, 2.45) is 0 Å². The Hall–Kier alpha value is -2.40. The molecule has 1 aromatic carbocycles. The summed E-state index contributed by atoms with van der Waals surface area (Å²) < 4.78 is 0. The van der Waals surface area contributed by atoms with Crippen LogP contribution < -0.4 is 10.9 Å². The van der Waals surface area contributed by atoms with Gasteiger partial charge in [-0.2, -0.15) is 0 Å². The van der Waals surface area contributed by atoms with Gasteiger partial charge in [-0.1, -0.05) is 24.3 Å². The van der Waals surface area contributed by atoms with Crippen molar-refractivity contribution >= 4 is 5.91 Å². The highest BCUT2D eigenvalue weighted by atomic mass is 16.3. The van der Waals surface area contributed by atoms with Gasteiger partial charge in [0.05, 0.1) is 17.7 Å². The van der Waals surface area contributed by atoms with Gasteiger partial charge in [0.25, 0.3) is 5.91 Å². The van der Waals surface area contributed by atoms with Gasteiger partial charge in [-0.15, -0.1) is 0 Å². The van der Waals surface area contributed by atoms with Crippen molar-refractivity contribution < 1.29 is 9.90 Å². The molecule has 2 atom stereocenters. The van der Waals surface area contributed by atoms with E-state index in [2.05, 4.69) is 10.3 Å². The predicted octanol–water partition coefficient (Wildman–Crippen LogP) is 0.763. The minimum Gasteiger partial charge on any atom is -0.390 e. The van der Waals surface area contributed by atoms with Crippen molar-refractivity contribution in [3.63, 3.8) is 0 Å². The number of hydrogen-bond acceptors (Lipinski definition) is 3. The third kappa shape index (κ3) is 2.23. The van der Waals surface area contributed by atoms with Crippen LogP contribution in [0.1, 0.15) is 27.5 Å². The smallest absolute Gasteiger partial charge is 0.253 e. The first-order valence-corrected chi connectivity index (χ1v) is 6.40. The van der Waals surface area contributed by atoms with Gasteiger partial charge >= 0.3 is 0 Å². The fourth-order valence-corrected chi connectivity index (χ4v) is 2.52. The Morgan fingerprint density at radius 1 is 1.25 bits per heavy atom. The van der Waals surface area contributed by atoms with E-state index in [1.807, 2.05) is 24.3 Å². The number of aromatic nitrogens is 1. The maximum absolute atomic E-state index is 12.1. The molecule has 0 aliphatic heterocycles. The zero-order valence-corrected chi connectivity index (χ0v) is 10.7. The van der Waals surface area contributed by atoms with Gasteiger partial charge in [-0.05, 0) is 17.2 Å². The van der Waals surface area contributed by atoms with E-state index in [0.717, 1.165) is 11.1 Å². The molecule has 2 aromatic rings. The van der Waals surface area contributed by atoms with E-state index in [4.69, 9.17) is 0 Å². The molecule has 0 spiro atoms. The molecule has 20 heavy (non-hydrogen) atoms. The molecule has 1 aliphatic rings. The minimum atomic E-state index is -0.626. The summed E-state index contributed by atoms with van der Waals surface area (Å²) in [5, 5.41) is 12.9. The van der Waals surface area contributed by atoms with Gasteiger partial charge < -0.3 is 15.4 Å². The fourth-order valence-electron chi connectivity index (χ4n) is 2.52. The molecule has 5 nitrogen and oxygen atoms in total. The number of carbonyl (C=O) groups is 1. The number of fused-ring (bicyclic) bond motifs is 1. The van der Waals surface area contributed by atoms with E-state index in [9.17, 15) is 14.7 Å². The van der Waals surface area contributed by atoms with Crippen LogP contribution in [0.2, 0.25) is 0 Å². The number of pyridine rings is 1. The maximum Gasteiger partial charge on any atom is 0.253 e. The van der Waals surface area contributed by atoms with Crippen LogP contribution in [0.15, 0.2) is 47.4 Å². The predicted molar refractivity (Wildman–Crippen MR) is 73.4 cm³/mol. The van der Waals surface area contributed by atoms with E-state index in [1.54, 1.807) is 0 Å². The normalized spacial score (nSPS) is 20.4. The largest absolute Gasteiger partial charge is 0.390 e. The Morgan fingerprint density at radius 3 is 2.80 bits per heavy atom. The third-order valence-corrected chi connectivity index (χ3v) is 3.54. The third-order valence-electron chi connectivity index (χ3n) is 3.54. The molecule has 1 aromatic heterocycles. The van der Waals surface area contributed by atoms with Crippen LogP contribution in [-0.2, 0) is 6.42 Å². The van der Waals surface area contributed by atoms with Crippen LogP contribution in [0.25, 0.3) is 0 Å². The molecule has 102 valence electrons. The van der Waals surface area contributed by atoms with Crippen molar-refractivity contribution in [1.82, 2.24) is 10.3 Å². The SMILES string of the molecule is O=C(N[C@@H]1c2ccccc2C[C@@H]1O)c1ccc(=O)[nH]c1. The number of benzene rings is 1. The topological polar surface area (TPSA) is 82.2 Å². The molecule has 1 amide bonds. The van der Waals surface area contributed by atoms with Gasteiger partial charge in [-0.25, -0.2) is 0 Å². The van der Waals surface area contributed by atoms with Crippen LogP contribution in [0, 0.1) is 0 Å². The number of carbonyl (C=O) groups excluding carboxylic acids is 1. The molecule has 1 heterocycles. The number of aromatic amines is 1. The summed E-state index contributed by atoms with van der Waals surface area (Å²) in [4.78, 5) is 25.6. The summed E-state index contributed by atoms with van der Waals surface area (Å²) in [6, 6.07) is 10.0. The molecule has 3 N–H and O–H groups in total. The molecule has 0 saturated heterocycles. The zero-order chi connectivity index (χ0) is 14.1. The van der Waals surface area contributed by atoms with Crippen molar-refractivity contribution in [2.75, 3.05) is 0 Å². The summed E-state index contributed by atoms with van der Waals surface area (Å²) in [5.41, 5.74) is 2.10. The van der Waals surface area contributed by atoms with Crippen LogP contribution in [0.5, 0.6) is 0 Å². The highest BCUT2D eigenvalue weighted by Crippen LogP contribution is 2.31. The zero-order valence-electron chi connectivity index (χ0n) is 10.7. The van der Waals surface area contributed by atoms with Gasteiger partial charge in [0.2, 0.25) is 5.56 Å². The van der Waals surface area contributed by atoms with Gasteiger partial charge in [0, 0.05) is 18.7 Å². The molecule has 0 radical (unpaired) electrons. The number of aliphatic hydroxyl groups excluding tert-OH is 1. The van der Waals surface area contributed by atoms with Gasteiger partial charge in [0.15, 0.2) is 0 Å². The summed E-state index contributed by atoms with van der Waals surface area (Å²) in [5.74, 6) is -0.318. The van der Waals surface area contributed by atoms with Crippen LogP contribution >= 0.6 is 0 Å². The average molecular weight is 270 g/mol. The number of hydrogen-bond donors (Lipinski definition) is 3. The highest BCUT2D eigenvalue weighted by molar-refractivity contribution is 5.94. The van der Waals surface area contributed by atoms with E-state index < -0.39 is 12.1 Å². The molecule has 5 heteroatoms. The second kappa shape index (κ2) is 4.94. The molecule has 0 saturated carbocycles. The Balaban J connectivity index is 1.83. The van der Waals surface area contributed by atoms with Gasteiger partial charge in [0.1, 0.15) is 0 Å². The van der Waals surface area contributed by atoms with Gasteiger partial charge in [-0.3, -0.25) is 9.59 Å². The summed E-state index contributed by atoms with van der Waals surface area (Å²) in [6.07, 6.45) is 1.27. The van der Waals surface area contributed by atoms with Crippen LogP contribution in [0.4, 0.5) is 0 Å². The highest BCUT2D eigenvalue weighted by Gasteiger charge is 2.31. The monoisotopic (exact) mass is 270 g/mol. The van der Waals surface area contributed by atoms with Crippen molar-refractivity contribution in [3.05, 3.63) is 69.6 Å². The second-order valence-corrected chi connectivity index (χ2v) is 4.86. The fraction of sp³-hybridized carbons (Fsp3) is 0.200. The first kappa shape index (κ1) is 12.6. The maximum atomic E-state index is 12.1. The van der Waals surface area contributed by atoms with Crippen LogP contribution in [-0.4, -0.2) is 22.1 Å². The Kier molecular flexibility index (Phi) is 3.12. The summed E-state index contributed by atoms with van der Waals surface area (Å²) in [7, 11) is 0. The summed E-state index contributed by atoms with van der Waals surface area (Å²) >= 11 is 0. The van der Waals surface area contributed by atoms with E-state index in [1.165, 1.54) is 18.3 Å². The molecule has 0 unspecified atom stereocenters. The van der Waals surface area contributed by atoms with Crippen molar-refractivity contribution in [3.8, 4) is 0 Å². The molecule has 0 bridgehead atoms. The molecule has 1 aliphatic carbocycles. The first-order chi connectivity index (χ1) is 9.65. The number of nitrogens with one attached hydrogen (secondary N) is 2. The molecule has 0 fully saturated rings. The molecular formula is C15H14N2O3. The van der Waals surface area contributed by atoms with E-state index >= 15 is 0 Å². The van der Waals surface area contributed by atoms with Crippen LogP contribution in [0.3, 0.4) is 0 Å². The molecule has 3 rings (SSSR count). The average Bonchev–Trinajstić information content (AvgIpc) is 2.76. The lowest BCUT2D eigenvalue weighted by atomic mass is 10.1. The number of H-pyrrole nitrogens is 1. The lowest BCUT2D eigenvalue weighted by Crippen LogP contribution is -2.34. The Labute approximate surface area is 115 Å². The van der Waals surface area contributed by atoms with Crippen molar-refractivity contribution in [1.29, 1.82) is 0 Å². The van der Waals surface area contributed by atoms with E-state index in [-0.39, 0.29) is 11.5 Å². The second-order valence-electron chi connectivity index (χ2n) is 4.86. The summed E-state index contributed by atoms with van der Waals surface area (Å²) in [6.45, 7) is 0. The number of aliphatic hydroxyl groups is 1. The Morgan fingerprint density at radius 2 is 2.05 bits per heavy atom. The number of amides is 1. The quantitative estimate of drug-likeness (QED) is 0.753.